The van der Waals surface area contributed by atoms with Gasteiger partial charge in [0, 0.05) is 37.6 Å². The van der Waals surface area contributed by atoms with Crippen molar-refractivity contribution in [3.63, 3.8) is 0 Å². The van der Waals surface area contributed by atoms with Gasteiger partial charge in [0.15, 0.2) is 5.13 Å². The van der Waals surface area contributed by atoms with Gasteiger partial charge in [0.1, 0.15) is 0 Å². The molecule has 5 nitrogen and oxygen atoms in total. The zero-order valence-corrected chi connectivity index (χ0v) is 11.7. The highest BCUT2D eigenvalue weighted by Crippen LogP contribution is 2.13. The summed E-state index contributed by atoms with van der Waals surface area (Å²) in [5.74, 6) is 0.156. The number of amides is 1. The summed E-state index contributed by atoms with van der Waals surface area (Å²) in [6.45, 7) is 7.93. The van der Waals surface area contributed by atoms with Gasteiger partial charge in [-0.3, -0.25) is 9.69 Å². The van der Waals surface area contributed by atoms with E-state index >= 15 is 0 Å². The molecular weight excluding hydrogens is 248 g/mol. The van der Waals surface area contributed by atoms with E-state index in [9.17, 15) is 4.79 Å². The number of rotatable bonds is 3. The van der Waals surface area contributed by atoms with Crippen LogP contribution in [0.15, 0.2) is 5.38 Å². The number of hydrogen-bond donors (Lipinski definition) is 1. The van der Waals surface area contributed by atoms with Crippen LogP contribution in [0.3, 0.4) is 0 Å². The molecule has 0 aliphatic carbocycles. The minimum absolute atomic E-state index is 0.156. The zero-order chi connectivity index (χ0) is 13.1. The van der Waals surface area contributed by atoms with Crippen LogP contribution in [0.25, 0.3) is 0 Å². The summed E-state index contributed by atoms with van der Waals surface area (Å²) in [6.07, 6.45) is 0.370. The highest BCUT2D eigenvalue weighted by atomic mass is 32.1. The Morgan fingerprint density at radius 3 is 2.61 bits per heavy atom. The van der Waals surface area contributed by atoms with Gasteiger partial charge in [-0.05, 0) is 13.8 Å². The molecule has 2 rings (SSSR count). The van der Waals surface area contributed by atoms with E-state index in [-0.39, 0.29) is 5.91 Å². The van der Waals surface area contributed by atoms with Crippen LogP contribution in [-0.2, 0) is 11.2 Å². The van der Waals surface area contributed by atoms with E-state index in [0.29, 0.717) is 17.6 Å². The summed E-state index contributed by atoms with van der Waals surface area (Å²) in [5.41, 5.74) is 6.35. The van der Waals surface area contributed by atoms with Crippen molar-refractivity contribution in [2.24, 2.45) is 0 Å². The number of carbonyl (C=O) groups excluding carboxylic acids is 1. The van der Waals surface area contributed by atoms with Crippen molar-refractivity contribution < 1.29 is 4.79 Å². The van der Waals surface area contributed by atoms with E-state index in [0.717, 1.165) is 31.9 Å². The molecule has 18 heavy (non-hydrogen) atoms. The van der Waals surface area contributed by atoms with Gasteiger partial charge in [-0.1, -0.05) is 0 Å². The third kappa shape index (κ3) is 3.20. The number of nitrogens with zero attached hydrogens (tertiary/aromatic N) is 3. The summed E-state index contributed by atoms with van der Waals surface area (Å²) < 4.78 is 0. The molecule has 1 aromatic heterocycles. The third-order valence-corrected chi connectivity index (χ3v) is 4.02. The number of anilines is 1. The SMILES string of the molecule is CC(C)N1CCN(C(=O)Cc2csc(N)n2)CC1. The van der Waals surface area contributed by atoms with Gasteiger partial charge in [-0.15, -0.1) is 11.3 Å². The standard InChI is InChI=1S/C12H20N4OS/c1-9(2)15-3-5-16(6-4-15)11(17)7-10-8-18-12(13)14-10/h8-9H,3-7H2,1-2H3,(H2,13,14). The van der Waals surface area contributed by atoms with E-state index in [1.807, 2.05) is 10.3 Å². The first-order valence-corrected chi connectivity index (χ1v) is 7.16. The molecule has 0 saturated carbocycles. The first kappa shape index (κ1) is 13.3. The minimum atomic E-state index is 0.156. The predicted octanol–water partition coefficient (Wildman–Crippen LogP) is 0.820. The number of piperazine rings is 1. The zero-order valence-electron chi connectivity index (χ0n) is 10.9. The van der Waals surface area contributed by atoms with Gasteiger partial charge < -0.3 is 10.6 Å². The van der Waals surface area contributed by atoms with Gasteiger partial charge in [0.05, 0.1) is 12.1 Å². The van der Waals surface area contributed by atoms with Crippen LogP contribution in [0.1, 0.15) is 19.5 Å². The smallest absolute Gasteiger partial charge is 0.228 e. The number of thiazole rings is 1. The molecule has 6 heteroatoms. The van der Waals surface area contributed by atoms with Gasteiger partial charge in [0.25, 0.3) is 0 Å². The van der Waals surface area contributed by atoms with Gasteiger partial charge >= 0.3 is 0 Å². The quantitative estimate of drug-likeness (QED) is 0.881. The topological polar surface area (TPSA) is 62.5 Å². The summed E-state index contributed by atoms with van der Waals surface area (Å²) in [4.78, 5) is 20.5. The molecule has 1 aliphatic rings. The minimum Gasteiger partial charge on any atom is -0.375 e. The Morgan fingerprint density at radius 2 is 2.11 bits per heavy atom. The lowest BCUT2D eigenvalue weighted by Gasteiger charge is -2.36. The Morgan fingerprint density at radius 1 is 1.44 bits per heavy atom. The molecule has 1 fully saturated rings. The first-order valence-electron chi connectivity index (χ1n) is 6.28. The molecule has 0 unspecified atom stereocenters. The normalized spacial score (nSPS) is 17.4. The van der Waals surface area contributed by atoms with Gasteiger partial charge in [-0.25, -0.2) is 4.98 Å². The maximum atomic E-state index is 12.1. The molecule has 0 atom stereocenters. The lowest BCUT2D eigenvalue weighted by atomic mass is 10.2. The molecule has 1 aromatic rings. The van der Waals surface area contributed by atoms with Crippen LogP contribution in [0.5, 0.6) is 0 Å². The summed E-state index contributed by atoms with van der Waals surface area (Å²) >= 11 is 1.39. The fourth-order valence-electron chi connectivity index (χ4n) is 2.16. The number of nitrogens with two attached hydrogens (primary N) is 1. The highest BCUT2D eigenvalue weighted by Gasteiger charge is 2.22. The molecule has 2 N–H and O–H groups in total. The van der Waals surface area contributed by atoms with Crippen molar-refractivity contribution in [2.45, 2.75) is 26.3 Å². The fourth-order valence-corrected chi connectivity index (χ4v) is 2.72. The maximum Gasteiger partial charge on any atom is 0.228 e. The molecule has 0 radical (unpaired) electrons. The third-order valence-electron chi connectivity index (χ3n) is 3.30. The van der Waals surface area contributed by atoms with Crippen molar-refractivity contribution in [3.8, 4) is 0 Å². The van der Waals surface area contributed by atoms with Gasteiger partial charge in [0.2, 0.25) is 5.91 Å². The predicted molar refractivity (Wildman–Crippen MR) is 73.5 cm³/mol. The lowest BCUT2D eigenvalue weighted by molar-refractivity contribution is -0.132. The van der Waals surface area contributed by atoms with Crippen molar-refractivity contribution in [1.82, 2.24) is 14.8 Å². The van der Waals surface area contributed by atoms with Crippen LogP contribution in [0.4, 0.5) is 5.13 Å². The first-order chi connectivity index (χ1) is 8.56. The molecular formula is C12H20N4OS. The van der Waals surface area contributed by atoms with Crippen LogP contribution in [0, 0.1) is 0 Å². The number of nitrogen functional groups attached to an aromatic ring is 1. The van der Waals surface area contributed by atoms with Crippen LogP contribution in [0.2, 0.25) is 0 Å². The summed E-state index contributed by atoms with van der Waals surface area (Å²) in [5, 5.41) is 2.39. The molecule has 1 aliphatic heterocycles. The fraction of sp³-hybridized carbons (Fsp3) is 0.667. The monoisotopic (exact) mass is 268 g/mol. The Labute approximate surface area is 112 Å². The maximum absolute atomic E-state index is 12.1. The lowest BCUT2D eigenvalue weighted by Crippen LogP contribution is -2.51. The van der Waals surface area contributed by atoms with Crippen molar-refractivity contribution in [3.05, 3.63) is 11.1 Å². The average molecular weight is 268 g/mol. The number of aromatic nitrogens is 1. The Hall–Kier alpha value is -1.14. The molecule has 0 aromatic carbocycles. The van der Waals surface area contributed by atoms with Crippen molar-refractivity contribution in [1.29, 1.82) is 0 Å². The molecule has 0 bridgehead atoms. The summed E-state index contributed by atoms with van der Waals surface area (Å²) in [7, 11) is 0. The highest BCUT2D eigenvalue weighted by molar-refractivity contribution is 7.13. The largest absolute Gasteiger partial charge is 0.375 e. The van der Waals surface area contributed by atoms with Crippen molar-refractivity contribution >= 4 is 22.4 Å². The Bertz CT molecular complexity index is 410. The molecule has 100 valence electrons. The van der Waals surface area contributed by atoms with Crippen LogP contribution in [-0.4, -0.2) is 52.9 Å². The van der Waals surface area contributed by atoms with Crippen molar-refractivity contribution in [2.75, 3.05) is 31.9 Å². The van der Waals surface area contributed by atoms with Gasteiger partial charge in [-0.2, -0.15) is 0 Å². The molecule has 0 spiro atoms. The van der Waals surface area contributed by atoms with E-state index in [4.69, 9.17) is 5.73 Å². The molecule has 2 heterocycles. The van der Waals surface area contributed by atoms with E-state index in [1.165, 1.54) is 11.3 Å². The second kappa shape index (κ2) is 5.67. The summed E-state index contributed by atoms with van der Waals surface area (Å²) in [6, 6.07) is 0.556. The molecule has 1 saturated heterocycles. The van der Waals surface area contributed by atoms with E-state index in [2.05, 4.69) is 23.7 Å². The Balaban J connectivity index is 1.84. The Kier molecular flexibility index (Phi) is 4.19. The van der Waals surface area contributed by atoms with Crippen LogP contribution >= 0.6 is 11.3 Å². The van der Waals surface area contributed by atoms with E-state index < -0.39 is 0 Å². The second-order valence-electron chi connectivity index (χ2n) is 4.86. The second-order valence-corrected chi connectivity index (χ2v) is 5.75. The average Bonchev–Trinajstić information content (AvgIpc) is 2.75. The van der Waals surface area contributed by atoms with E-state index in [1.54, 1.807) is 0 Å². The molecule has 1 amide bonds. The number of hydrogen-bond acceptors (Lipinski definition) is 5. The van der Waals surface area contributed by atoms with Crippen LogP contribution < -0.4 is 5.73 Å². The number of carbonyl (C=O) groups is 1.